The third kappa shape index (κ3) is 23.1. The van der Waals surface area contributed by atoms with E-state index >= 15 is 0 Å². The van der Waals surface area contributed by atoms with Crippen molar-refractivity contribution < 1.29 is 73.6 Å². The number of fused-ring (bicyclic) bond motifs is 9. The van der Waals surface area contributed by atoms with Crippen LogP contribution in [0, 0.1) is 56.3 Å². The minimum Gasteiger partial charge on any atom is -0.501 e. The molecule has 18 rings (SSSR count). The zero-order chi connectivity index (χ0) is 87.6. The van der Waals surface area contributed by atoms with Crippen LogP contribution in [0.25, 0.3) is 134 Å². The molecule has 0 N–H and O–H groups in total. The standard InChI is InChI=1S/C30H44NOSi4.C22H23N2OSi.C19H17N2OSi.C13H12N.2C11H8N.3Ir/c1-22(2)19-23-20-27(26-17-14-16-25-24-15-12-13-18-28(24)32-30(25)26)31-21-29(23)36(33(3,4)5,34(6,7)8)35(9,10)11;1-14(2)17-11-19(23-13-21(17)26(3,4)5)15-10-18-16-8-6-7-9-20(16)25-22(18)24-12-15;1-23(2,3)14-7-8-17(21-12-14)13-6-9-18-16(11-13)15-5-4-10-20-19(15)22-18;1-10-3-5-12(6-4-10)13-9-11(2)7-8-14-13;2*1-2-6-10(7-3-1)11-8-4-5-9-12-11;;;/h12-16,18,20-22H,19H2,1-11H3;6-11,13-14H,1-5H3;4-5,7-12H,1-3H3;3-5,7-9H,1-2H3;2*1-6,8-9H;;;/q6*-1;;;. The molecule has 0 amide bonds. The Kier molecular flexibility index (Phi) is 33.3. The van der Waals surface area contributed by atoms with Crippen LogP contribution in [0.3, 0.4) is 0 Å². The Bertz CT molecular complexity index is 6420. The third-order valence-electron chi connectivity index (χ3n) is 22.4. The molecule has 0 saturated heterocycles. The summed E-state index contributed by atoms with van der Waals surface area (Å²) in [6, 6.07) is 93.2. The first-order valence-corrected chi connectivity index (χ1v) is 65.0. The zero-order valence-electron chi connectivity index (χ0n) is 76.1. The maximum atomic E-state index is 6.38. The fraction of sp³-hybridized carbons (Fsp3) is 0.226. The van der Waals surface area contributed by atoms with Crippen LogP contribution in [0.15, 0.2) is 287 Å². The van der Waals surface area contributed by atoms with Crippen molar-refractivity contribution in [3.8, 4) is 67.5 Å². The number of para-hydroxylation sites is 2. The topological polar surface area (TPSA) is 143 Å². The summed E-state index contributed by atoms with van der Waals surface area (Å²) in [6.07, 6.45) is 17.8. The number of hydrogen-bond acceptors (Lipinski definition) is 11. The molecule has 0 unspecified atom stereocenters. The van der Waals surface area contributed by atoms with Gasteiger partial charge in [0.2, 0.25) is 5.71 Å². The molecule has 7 aromatic carbocycles. The second-order valence-corrected chi connectivity index (χ2v) is 87.8. The number of benzene rings is 7. The molecule has 0 aliphatic heterocycles. The summed E-state index contributed by atoms with van der Waals surface area (Å²) in [7, 11) is -7.25. The predicted octanol–water partition coefficient (Wildman–Crippen LogP) is 26.7. The van der Waals surface area contributed by atoms with Crippen LogP contribution < -0.4 is 15.6 Å². The number of hydrogen-bond donors (Lipinski definition) is 0. The molecular formula is C106H112Ir3N8O3Si6-6. The van der Waals surface area contributed by atoms with Crippen molar-refractivity contribution in [2.75, 3.05) is 0 Å². The monoisotopic (exact) mass is 2290 g/mol. The Morgan fingerprint density at radius 1 is 0.341 bits per heavy atom. The average molecular weight is 2290 g/mol. The first-order chi connectivity index (χ1) is 58.6. The molecule has 3 radical (unpaired) electrons. The van der Waals surface area contributed by atoms with Gasteiger partial charge in [-0.05, 0) is 129 Å². The van der Waals surface area contributed by atoms with Gasteiger partial charge >= 0.3 is 0 Å². The summed E-state index contributed by atoms with van der Waals surface area (Å²) in [5.74, 6) is 1.06. The van der Waals surface area contributed by atoms with Crippen molar-refractivity contribution >= 4 is 127 Å². The number of rotatable bonds is 15. The molecule has 0 aliphatic carbocycles. The molecule has 651 valence electrons. The summed E-state index contributed by atoms with van der Waals surface area (Å²) < 4.78 is 17.9. The van der Waals surface area contributed by atoms with Gasteiger partial charge in [0.15, 0.2) is 0 Å². The van der Waals surface area contributed by atoms with Crippen molar-refractivity contribution in [2.24, 2.45) is 5.92 Å². The van der Waals surface area contributed by atoms with E-state index in [1.54, 1.807) is 29.3 Å². The van der Waals surface area contributed by atoms with Crippen LogP contribution in [0.4, 0.5) is 0 Å². The maximum absolute atomic E-state index is 6.38. The van der Waals surface area contributed by atoms with Crippen LogP contribution in [0.2, 0.25) is 98.2 Å². The van der Waals surface area contributed by atoms with E-state index in [0.717, 1.165) is 129 Å². The molecule has 11 nitrogen and oxygen atoms in total. The summed E-state index contributed by atoms with van der Waals surface area (Å²) in [5, 5.41) is 11.0. The quantitative estimate of drug-likeness (QED) is 0.0715. The van der Waals surface area contributed by atoms with Gasteiger partial charge in [0.1, 0.15) is 16.9 Å². The zero-order valence-corrected chi connectivity index (χ0v) is 89.3. The number of aryl methyl sites for hydroxylation is 2. The molecule has 0 atom stereocenters. The molecule has 0 fully saturated rings. The van der Waals surface area contributed by atoms with Gasteiger partial charge in [-0.2, -0.15) is 0 Å². The maximum Gasteiger partial charge on any atom is 0.216 e. The fourth-order valence-corrected chi connectivity index (χ4v) is 121. The third-order valence-corrected chi connectivity index (χ3v) is 97.6. The van der Waals surface area contributed by atoms with E-state index in [0.29, 0.717) is 23.3 Å². The number of aromatic nitrogens is 8. The Morgan fingerprint density at radius 2 is 0.873 bits per heavy atom. The van der Waals surface area contributed by atoms with Gasteiger partial charge in [-0.25, -0.2) is 4.98 Å². The number of nitrogens with zero attached hydrogens (tertiary/aromatic N) is 8. The molecule has 20 heteroatoms. The van der Waals surface area contributed by atoms with Gasteiger partial charge in [0.05, 0.1) is 33.9 Å². The second-order valence-electron chi connectivity index (χ2n) is 37.4. The first-order valence-electron chi connectivity index (χ1n) is 42.5. The van der Waals surface area contributed by atoms with Crippen molar-refractivity contribution in [3.05, 3.63) is 333 Å². The molecule has 0 aliphatic rings. The SMILES string of the molecule is CC(C)Cc1cc(-c2[c-]ccc3c2oc2ccccc23)ncc1[Si]([Si](C)(C)C)([Si](C)(C)C)[Si](C)(C)C.CC(C)c1cc(-c2[c-]nc3oc4ccccc4c3c2)ncc1[Si](C)(C)C.C[Si](C)(C)c1ccc(-c2[c-]cc3oc4ncccc4c3c2)nc1.Cc1c[c-]c(-c2cc(C)ccn2)cc1.[Ir].[Ir].[Ir].[c-]1ccccc1-c1ccccn1.[c-]1ccccc1-c1ccccn1. The van der Waals surface area contributed by atoms with E-state index in [4.69, 9.17) is 23.2 Å². The van der Waals surface area contributed by atoms with E-state index in [9.17, 15) is 0 Å². The van der Waals surface area contributed by atoms with E-state index in [-0.39, 0.29) is 60.3 Å². The van der Waals surface area contributed by atoms with E-state index in [1.165, 1.54) is 27.1 Å². The normalized spacial score (nSPS) is 11.7. The van der Waals surface area contributed by atoms with Crippen LogP contribution in [0.1, 0.15) is 55.9 Å². The summed E-state index contributed by atoms with van der Waals surface area (Å²) in [4.78, 5) is 36.1. The van der Waals surface area contributed by atoms with Gasteiger partial charge in [0, 0.05) is 143 Å². The molecule has 0 saturated carbocycles. The molecule has 18 aromatic rings. The predicted molar refractivity (Wildman–Crippen MR) is 532 cm³/mol. The molecule has 0 spiro atoms. The van der Waals surface area contributed by atoms with Gasteiger partial charge in [-0.15, -0.1) is 161 Å². The molecule has 11 aromatic heterocycles. The minimum absolute atomic E-state index is 0. The summed E-state index contributed by atoms with van der Waals surface area (Å²) in [6.45, 7) is 49.7. The summed E-state index contributed by atoms with van der Waals surface area (Å²) >= 11 is 0. The van der Waals surface area contributed by atoms with Crippen LogP contribution in [-0.2, 0) is 66.7 Å². The molecule has 0 bridgehead atoms. The van der Waals surface area contributed by atoms with Crippen molar-refractivity contribution in [1.29, 1.82) is 0 Å². The van der Waals surface area contributed by atoms with E-state index in [2.05, 4.69) is 304 Å². The fourth-order valence-electron chi connectivity index (χ4n) is 17.7. The van der Waals surface area contributed by atoms with Crippen molar-refractivity contribution in [1.82, 2.24) is 39.9 Å². The summed E-state index contributed by atoms with van der Waals surface area (Å²) in [5.41, 5.74) is 22.0. The van der Waals surface area contributed by atoms with Crippen molar-refractivity contribution in [3.63, 3.8) is 0 Å². The van der Waals surface area contributed by atoms with Crippen LogP contribution in [0.5, 0.6) is 0 Å². The Balaban J connectivity index is 0.000000164. The smallest absolute Gasteiger partial charge is 0.216 e. The Hall–Kier alpha value is -9.61. The van der Waals surface area contributed by atoms with Crippen molar-refractivity contribution in [2.45, 2.75) is 152 Å². The number of pyridine rings is 8. The second kappa shape index (κ2) is 42.5. The van der Waals surface area contributed by atoms with E-state index < -0.39 is 45.5 Å². The molecular weight excluding hydrogens is 2180 g/mol. The van der Waals surface area contributed by atoms with Gasteiger partial charge in [0.25, 0.3) is 0 Å². The largest absolute Gasteiger partial charge is 0.501 e. The van der Waals surface area contributed by atoms with Gasteiger partial charge in [-0.3, -0.25) is 0 Å². The van der Waals surface area contributed by atoms with Crippen LogP contribution in [-0.4, -0.2) is 85.4 Å². The van der Waals surface area contributed by atoms with E-state index in [1.807, 2.05) is 158 Å². The minimum atomic E-state index is -1.77. The Morgan fingerprint density at radius 3 is 1.43 bits per heavy atom. The van der Waals surface area contributed by atoms with Gasteiger partial charge < -0.3 is 48.1 Å². The Labute approximate surface area is 791 Å². The molecule has 126 heavy (non-hydrogen) atoms. The average Bonchev–Trinajstić information content (AvgIpc) is 0.837. The first kappa shape index (κ1) is 98.6. The van der Waals surface area contributed by atoms with Crippen LogP contribution >= 0.6 is 0 Å². The number of furan rings is 3. The molecule has 11 heterocycles. The van der Waals surface area contributed by atoms with Gasteiger partial charge in [-0.1, -0.05) is 257 Å².